The molecule has 4 aromatic rings. The Kier molecular flexibility index (Phi) is 5.82. The summed E-state index contributed by atoms with van der Waals surface area (Å²) in [6.07, 6.45) is 3.07. The summed E-state index contributed by atoms with van der Waals surface area (Å²) in [5.41, 5.74) is 4.52. The molecular formula is C25H19FN2OS. The summed E-state index contributed by atoms with van der Waals surface area (Å²) in [4.78, 5) is 18.1. The lowest BCUT2D eigenvalue weighted by Gasteiger charge is -2.04. The van der Waals surface area contributed by atoms with Crippen LogP contribution < -0.4 is 5.32 Å². The predicted molar refractivity (Wildman–Crippen MR) is 122 cm³/mol. The van der Waals surface area contributed by atoms with E-state index >= 15 is 0 Å². The molecule has 1 heterocycles. The van der Waals surface area contributed by atoms with Crippen LogP contribution in [0.3, 0.4) is 0 Å². The summed E-state index contributed by atoms with van der Waals surface area (Å²) >= 11 is 1.67. The van der Waals surface area contributed by atoms with Gasteiger partial charge in [0.2, 0.25) is 5.91 Å². The number of thiazole rings is 1. The maximum atomic E-state index is 12.9. The molecule has 0 atom stereocenters. The maximum Gasteiger partial charge on any atom is 0.248 e. The zero-order valence-corrected chi connectivity index (χ0v) is 17.1. The second kappa shape index (κ2) is 8.84. The SMILES string of the molecule is Cc1sc(-c2ccccc2)nc1-c1ccc(NC(=O)/C=C/c2ccc(F)cc2)cc1. The van der Waals surface area contributed by atoms with E-state index in [1.807, 2.05) is 42.5 Å². The molecule has 0 radical (unpaired) electrons. The molecule has 5 heteroatoms. The number of nitrogens with one attached hydrogen (secondary N) is 1. The van der Waals surface area contributed by atoms with Crippen LogP contribution in [0.1, 0.15) is 10.4 Å². The molecule has 0 bridgehead atoms. The number of hydrogen-bond acceptors (Lipinski definition) is 3. The number of carbonyl (C=O) groups excluding carboxylic acids is 1. The van der Waals surface area contributed by atoms with Crippen molar-refractivity contribution >= 4 is 29.0 Å². The fourth-order valence-electron chi connectivity index (χ4n) is 3.01. The van der Waals surface area contributed by atoms with Crippen LogP contribution in [-0.2, 0) is 4.79 Å². The van der Waals surface area contributed by atoms with E-state index in [9.17, 15) is 9.18 Å². The second-order valence-electron chi connectivity index (χ2n) is 6.74. The number of anilines is 1. The number of amides is 1. The molecule has 0 unspecified atom stereocenters. The van der Waals surface area contributed by atoms with Gasteiger partial charge in [-0.3, -0.25) is 4.79 Å². The van der Waals surface area contributed by atoms with Crippen molar-refractivity contribution in [3.05, 3.63) is 101 Å². The van der Waals surface area contributed by atoms with Crippen LogP contribution in [0.25, 0.3) is 27.9 Å². The van der Waals surface area contributed by atoms with E-state index in [2.05, 4.69) is 24.4 Å². The van der Waals surface area contributed by atoms with Crippen LogP contribution >= 0.6 is 11.3 Å². The molecule has 0 saturated heterocycles. The van der Waals surface area contributed by atoms with E-state index in [1.165, 1.54) is 18.2 Å². The van der Waals surface area contributed by atoms with Crippen LogP contribution in [0.15, 0.2) is 84.9 Å². The minimum Gasteiger partial charge on any atom is -0.323 e. The average molecular weight is 415 g/mol. The van der Waals surface area contributed by atoms with Gasteiger partial charge in [0.25, 0.3) is 0 Å². The Morgan fingerprint density at radius 2 is 1.63 bits per heavy atom. The third kappa shape index (κ3) is 4.70. The van der Waals surface area contributed by atoms with Gasteiger partial charge in [-0.25, -0.2) is 9.37 Å². The maximum absolute atomic E-state index is 12.9. The minimum atomic E-state index is -0.303. The summed E-state index contributed by atoms with van der Waals surface area (Å²) in [6, 6.07) is 23.7. The van der Waals surface area contributed by atoms with Crippen LogP contribution in [0.4, 0.5) is 10.1 Å². The molecule has 148 valence electrons. The van der Waals surface area contributed by atoms with E-state index in [0.717, 1.165) is 32.3 Å². The molecule has 3 aromatic carbocycles. The molecule has 0 aliphatic heterocycles. The molecular weight excluding hydrogens is 395 g/mol. The van der Waals surface area contributed by atoms with Gasteiger partial charge in [0.1, 0.15) is 10.8 Å². The Morgan fingerprint density at radius 3 is 2.33 bits per heavy atom. The van der Waals surface area contributed by atoms with E-state index < -0.39 is 0 Å². The highest BCUT2D eigenvalue weighted by Crippen LogP contribution is 2.33. The van der Waals surface area contributed by atoms with Crippen molar-refractivity contribution in [3.63, 3.8) is 0 Å². The van der Waals surface area contributed by atoms with Crippen molar-refractivity contribution in [3.8, 4) is 21.8 Å². The number of benzene rings is 3. The molecule has 0 aliphatic rings. The van der Waals surface area contributed by atoms with Crippen molar-refractivity contribution in [2.24, 2.45) is 0 Å². The van der Waals surface area contributed by atoms with Crippen molar-refractivity contribution < 1.29 is 9.18 Å². The summed E-state index contributed by atoms with van der Waals surface area (Å²) in [6.45, 7) is 2.06. The fraction of sp³-hybridized carbons (Fsp3) is 0.0400. The lowest BCUT2D eigenvalue weighted by molar-refractivity contribution is -0.111. The van der Waals surface area contributed by atoms with E-state index in [-0.39, 0.29) is 11.7 Å². The second-order valence-corrected chi connectivity index (χ2v) is 7.94. The topological polar surface area (TPSA) is 42.0 Å². The van der Waals surface area contributed by atoms with Gasteiger partial charge < -0.3 is 5.32 Å². The zero-order valence-electron chi connectivity index (χ0n) is 16.3. The summed E-state index contributed by atoms with van der Waals surface area (Å²) in [5.74, 6) is -0.550. The van der Waals surface area contributed by atoms with Gasteiger partial charge >= 0.3 is 0 Å². The van der Waals surface area contributed by atoms with Gasteiger partial charge in [-0.2, -0.15) is 0 Å². The van der Waals surface area contributed by atoms with Crippen LogP contribution in [0.2, 0.25) is 0 Å². The number of carbonyl (C=O) groups is 1. The van der Waals surface area contributed by atoms with Gasteiger partial charge in [0, 0.05) is 27.8 Å². The Hall–Kier alpha value is -3.57. The molecule has 1 amide bonds. The summed E-state index contributed by atoms with van der Waals surface area (Å²) in [7, 11) is 0. The molecule has 30 heavy (non-hydrogen) atoms. The van der Waals surface area contributed by atoms with E-state index in [0.29, 0.717) is 5.69 Å². The van der Waals surface area contributed by atoms with Crippen LogP contribution in [0.5, 0.6) is 0 Å². The number of rotatable bonds is 5. The molecule has 3 nitrogen and oxygen atoms in total. The van der Waals surface area contributed by atoms with Crippen molar-refractivity contribution in [1.29, 1.82) is 0 Å². The third-order valence-corrected chi connectivity index (χ3v) is 5.56. The summed E-state index contributed by atoms with van der Waals surface area (Å²) in [5, 5.41) is 3.82. The van der Waals surface area contributed by atoms with E-state index in [4.69, 9.17) is 4.98 Å². The molecule has 1 N–H and O–H groups in total. The highest BCUT2D eigenvalue weighted by atomic mass is 32.1. The monoisotopic (exact) mass is 414 g/mol. The fourth-order valence-corrected chi connectivity index (χ4v) is 3.95. The molecule has 0 fully saturated rings. The Labute approximate surface area is 178 Å². The van der Waals surface area contributed by atoms with Gasteiger partial charge in [-0.1, -0.05) is 54.6 Å². The predicted octanol–water partition coefficient (Wildman–Crippen LogP) is 6.58. The van der Waals surface area contributed by atoms with Crippen molar-refractivity contribution in [2.45, 2.75) is 6.92 Å². The van der Waals surface area contributed by atoms with Crippen molar-refractivity contribution in [2.75, 3.05) is 5.32 Å². The van der Waals surface area contributed by atoms with E-state index in [1.54, 1.807) is 29.5 Å². The highest BCUT2D eigenvalue weighted by molar-refractivity contribution is 7.15. The lowest BCUT2D eigenvalue weighted by atomic mass is 10.1. The number of nitrogens with zero attached hydrogens (tertiary/aromatic N) is 1. The quantitative estimate of drug-likeness (QED) is 0.375. The van der Waals surface area contributed by atoms with Gasteiger partial charge in [0.15, 0.2) is 0 Å². The number of aryl methyl sites for hydroxylation is 1. The highest BCUT2D eigenvalue weighted by Gasteiger charge is 2.11. The third-order valence-electron chi connectivity index (χ3n) is 4.54. The number of halogens is 1. The summed E-state index contributed by atoms with van der Waals surface area (Å²) < 4.78 is 12.9. The first-order valence-corrected chi connectivity index (χ1v) is 10.3. The molecule has 4 rings (SSSR count). The Morgan fingerprint density at radius 1 is 0.933 bits per heavy atom. The normalized spacial score (nSPS) is 11.0. The van der Waals surface area contributed by atoms with Gasteiger partial charge in [-0.15, -0.1) is 11.3 Å². The van der Waals surface area contributed by atoms with Crippen LogP contribution in [-0.4, -0.2) is 10.9 Å². The minimum absolute atomic E-state index is 0.247. The molecule has 0 saturated carbocycles. The average Bonchev–Trinajstić information content (AvgIpc) is 3.16. The first-order chi connectivity index (χ1) is 14.6. The number of hydrogen-bond donors (Lipinski definition) is 1. The van der Waals surface area contributed by atoms with Crippen molar-refractivity contribution in [1.82, 2.24) is 4.98 Å². The first-order valence-electron chi connectivity index (χ1n) is 9.46. The smallest absolute Gasteiger partial charge is 0.248 e. The zero-order chi connectivity index (χ0) is 20.9. The number of aromatic nitrogens is 1. The molecule has 0 spiro atoms. The molecule has 1 aromatic heterocycles. The lowest BCUT2D eigenvalue weighted by Crippen LogP contribution is -2.07. The largest absolute Gasteiger partial charge is 0.323 e. The molecule has 0 aliphatic carbocycles. The van der Waals surface area contributed by atoms with Crippen LogP contribution in [0, 0.1) is 12.7 Å². The first kappa shape index (κ1) is 19.7. The standard InChI is InChI=1S/C25H19FN2OS/c1-17-24(28-25(30-17)20-5-3-2-4-6-20)19-10-14-22(15-11-19)27-23(29)16-9-18-7-12-21(26)13-8-18/h2-16H,1H3,(H,27,29)/b16-9+. The Balaban J connectivity index is 1.45. The van der Waals surface area contributed by atoms with Gasteiger partial charge in [-0.05, 0) is 42.8 Å². The van der Waals surface area contributed by atoms with Gasteiger partial charge in [0.05, 0.1) is 5.69 Å². The Bertz CT molecular complexity index is 1180.